The highest BCUT2D eigenvalue weighted by Crippen LogP contribution is 2.70. The number of aromatic nitrogens is 1. The van der Waals surface area contributed by atoms with Crippen molar-refractivity contribution in [2.24, 2.45) is 23.7 Å². The quantitative estimate of drug-likeness (QED) is 0.163. The van der Waals surface area contributed by atoms with E-state index in [2.05, 4.69) is 204 Å². The van der Waals surface area contributed by atoms with Crippen LogP contribution in [-0.4, -0.2) is 4.57 Å². The van der Waals surface area contributed by atoms with E-state index >= 15 is 0 Å². The summed E-state index contributed by atoms with van der Waals surface area (Å²) in [6, 6.07) is 72.8. The van der Waals surface area contributed by atoms with Crippen LogP contribution in [0.2, 0.25) is 0 Å². The highest BCUT2D eigenvalue weighted by atomic mass is 15.1. The third-order valence-corrected chi connectivity index (χ3v) is 15.2. The zero-order valence-electron chi connectivity index (χ0n) is 33.7. The molecule has 0 saturated heterocycles. The molecule has 4 bridgehead atoms. The SMILES string of the molecule is c1ccc(-c2ccc(N(c3ccc4c5ccccc5n(-c5ccccc5)c4c3)c3ccccc3-c3cccc4c3C3(c5ccccc5-4)C4CC5CC(C4)CC3C5)cc2)cc1. The molecule has 0 atom stereocenters. The first kappa shape index (κ1) is 34.2. The summed E-state index contributed by atoms with van der Waals surface area (Å²) in [5.74, 6) is 3.16. The van der Waals surface area contributed by atoms with Gasteiger partial charge in [-0.15, -0.1) is 0 Å². The predicted molar refractivity (Wildman–Crippen MR) is 250 cm³/mol. The van der Waals surface area contributed by atoms with E-state index in [0.29, 0.717) is 11.8 Å². The third-order valence-electron chi connectivity index (χ3n) is 15.2. The van der Waals surface area contributed by atoms with E-state index in [4.69, 9.17) is 0 Å². The highest BCUT2D eigenvalue weighted by Gasteiger charge is 2.62. The molecular weight excluding hydrogens is 725 g/mol. The first-order chi connectivity index (χ1) is 29.7. The molecule has 4 saturated carbocycles. The zero-order chi connectivity index (χ0) is 39.4. The molecule has 60 heavy (non-hydrogen) atoms. The van der Waals surface area contributed by atoms with Crippen molar-refractivity contribution in [2.45, 2.75) is 37.5 Å². The molecule has 4 fully saturated rings. The molecule has 288 valence electrons. The third kappa shape index (κ3) is 4.88. The van der Waals surface area contributed by atoms with Crippen LogP contribution in [0.15, 0.2) is 194 Å². The summed E-state index contributed by atoms with van der Waals surface area (Å²) >= 11 is 0. The van der Waals surface area contributed by atoms with Crippen LogP contribution in [0.25, 0.3) is 60.9 Å². The maximum absolute atomic E-state index is 2.53. The zero-order valence-corrected chi connectivity index (χ0v) is 33.7. The molecule has 2 nitrogen and oxygen atoms in total. The molecular formula is C58H46N2. The van der Waals surface area contributed by atoms with Crippen molar-refractivity contribution in [3.63, 3.8) is 0 Å². The van der Waals surface area contributed by atoms with Gasteiger partial charge in [0.05, 0.1) is 16.7 Å². The molecule has 0 aliphatic heterocycles. The number of hydrogen-bond acceptors (Lipinski definition) is 1. The number of anilines is 3. The van der Waals surface area contributed by atoms with Crippen molar-refractivity contribution < 1.29 is 0 Å². The minimum atomic E-state index is 0.0563. The van der Waals surface area contributed by atoms with E-state index in [1.54, 1.807) is 11.1 Å². The molecule has 0 amide bonds. The maximum atomic E-state index is 2.53. The Morgan fingerprint density at radius 1 is 0.417 bits per heavy atom. The Balaban J connectivity index is 1.05. The van der Waals surface area contributed by atoms with E-state index in [-0.39, 0.29) is 5.41 Å². The molecule has 0 N–H and O–H groups in total. The van der Waals surface area contributed by atoms with Crippen LogP contribution in [0.4, 0.5) is 17.1 Å². The second-order valence-corrected chi connectivity index (χ2v) is 18.1. The van der Waals surface area contributed by atoms with Gasteiger partial charge in [-0.05, 0) is 143 Å². The van der Waals surface area contributed by atoms with Crippen molar-refractivity contribution in [1.82, 2.24) is 4.57 Å². The molecule has 9 aromatic rings. The van der Waals surface area contributed by atoms with Gasteiger partial charge in [0.15, 0.2) is 0 Å². The van der Waals surface area contributed by atoms with E-state index in [1.807, 2.05) is 0 Å². The number of hydrogen-bond donors (Lipinski definition) is 0. The normalized spacial score (nSPS) is 22.1. The van der Waals surface area contributed by atoms with Gasteiger partial charge in [-0.1, -0.05) is 146 Å². The fourth-order valence-corrected chi connectivity index (χ4v) is 13.1. The van der Waals surface area contributed by atoms with Crippen molar-refractivity contribution >= 4 is 38.9 Å². The molecule has 1 spiro atoms. The molecule has 0 radical (unpaired) electrons. The van der Waals surface area contributed by atoms with Gasteiger partial charge in [-0.3, -0.25) is 0 Å². The van der Waals surface area contributed by atoms with Crippen LogP contribution < -0.4 is 4.90 Å². The fraction of sp³-hybridized carbons (Fsp3) is 0.172. The van der Waals surface area contributed by atoms with E-state index in [9.17, 15) is 0 Å². The smallest absolute Gasteiger partial charge is 0.0561 e. The highest BCUT2D eigenvalue weighted by molar-refractivity contribution is 6.10. The maximum Gasteiger partial charge on any atom is 0.0561 e. The summed E-state index contributed by atoms with van der Waals surface area (Å²) in [4.78, 5) is 2.53. The Morgan fingerprint density at radius 2 is 0.983 bits per heavy atom. The number of rotatable bonds is 6. The summed E-state index contributed by atoms with van der Waals surface area (Å²) < 4.78 is 2.44. The molecule has 14 rings (SSSR count). The Bertz CT molecular complexity index is 3070. The summed E-state index contributed by atoms with van der Waals surface area (Å²) in [6.45, 7) is 0. The van der Waals surface area contributed by atoms with Gasteiger partial charge < -0.3 is 9.47 Å². The summed E-state index contributed by atoms with van der Waals surface area (Å²) in [5, 5.41) is 2.52. The average Bonchev–Trinajstić information content (AvgIpc) is 3.80. The Labute approximate surface area is 352 Å². The first-order valence-corrected chi connectivity index (χ1v) is 22.1. The van der Waals surface area contributed by atoms with Gasteiger partial charge in [0.1, 0.15) is 0 Å². The predicted octanol–water partition coefficient (Wildman–Crippen LogP) is 15.3. The number of fused-ring (bicyclic) bond motifs is 6. The lowest BCUT2D eigenvalue weighted by Crippen LogP contribution is -2.55. The Hall–Kier alpha value is -6.64. The molecule has 5 aliphatic carbocycles. The standard InChI is InChI=1S/C58H46N2/c1-3-14-40(15-4-1)41-26-28-45(29-27-41)59(46-30-31-50-48-19-8-12-25-55(48)60(56(50)37-46)44-16-5-2-6-17-44)54-24-11-9-20-49(54)52-22-13-21-51-47-18-7-10-23-53(47)58(57(51)52)42-33-38-32-39(35-42)36-43(58)34-38/h1-31,37-39,42-43H,32-36H2. The second kappa shape index (κ2) is 13.2. The van der Waals surface area contributed by atoms with Crippen LogP contribution in [0, 0.1) is 23.7 Å². The van der Waals surface area contributed by atoms with Crippen LogP contribution in [0.3, 0.4) is 0 Å². The topological polar surface area (TPSA) is 8.17 Å². The first-order valence-electron chi connectivity index (χ1n) is 22.1. The lowest BCUT2D eigenvalue weighted by atomic mass is 9.42. The lowest BCUT2D eigenvalue weighted by molar-refractivity contribution is -0.0397. The van der Waals surface area contributed by atoms with Crippen LogP contribution >= 0.6 is 0 Å². The molecule has 5 aliphatic rings. The van der Waals surface area contributed by atoms with E-state index < -0.39 is 0 Å². The van der Waals surface area contributed by atoms with Crippen molar-refractivity contribution in [3.05, 3.63) is 205 Å². The van der Waals surface area contributed by atoms with Gasteiger partial charge in [0.25, 0.3) is 0 Å². The molecule has 0 unspecified atom stereocenters. The Kier molecular flexibility index (Phi) is 7.52. The van der Waals surface area contributed by atoms with E-state index in [1.165, 1.54) is 98.7 Å². The van der Waals surface area contributed by atoms with E-state index in [0.717, 1.165) is 23.2 Å². The molecule has 2 heteroatoms. The lowest BCUT2D eigenvalue weighted by Gasteiger charge is -2.61. The number of nitrogens with zero attached hydrogens (tertiary/aromatic N) is 2. The van der Waals surface area contributed by atoms with Gasteiger partial charge in [0, 0.05) is 38.8 Å². The van der Waals surface area contributed by atoms with Gasteiger partial charge in [-0.25, -0.2) is 0 Å². The minimum Gasteiger partial charge on any atom is -0.310 e. The van der Waals surface area contributed by atoms with Crippen molar-refractivity contribution in [3.8, 4) is 39.1 Å². The monoisotopic (exact) mass is 770 g/mol. The summed E-state index contributed by atoms with van der Waals surface area (Å²) in [5.41, 5.74) is 18.4. The van der Waals surface area contributed by atoms with Crippen LogP contribution in [-0.2, 0) is 5.41 Å². The molecule has 8 aromatic carbocycles. The summed E-state index contributed by atoms with van der Waals surface area (Å²) in [7, 11) is 0. The largest absolute Gasteiger partial charge is 0.310 e. The van der Waals surface area contributed by atoms with Gasteiger partial charge in [-0.2, -0.15) is 0 Å². The van der Waals surface area contributed by atoms with Crippen LogP contribution in [0.1, 0.15) is 43.2 Å². The molecule has 1 heterocycles. The fourth-order valence-electron chi connectivity index (χ4n) is 13.1. The second-order valence-electron chi connectivity index (χ2n) is 18.1. The average molecular weight is 771 g/mol. The van der Waals surface area contributed by atoms with Crippen molar-refractivity contribution in [1.29, 1.82) is 0 Å². The number of para-hydroxylation sites is 3. The van der Waals surface area contributed by atoms with Gasteiger partial charge in [0.2, 0.25) is 0 Å². The summed E-state index contributed by atoms with van der Waals surface area (Å²) in [6.07, 6.45) is 6.92. The van der Waals surface area contributed by atoms with Gasteiger partial charge >= 0.3 is 0 Å². The molecule has 1 aromatic heterocycles. The van der Waals surface area contributed by atoms with Crippen molar-refractivity contribution in [2.75, 3.05) is 4.90 Å². The Morgan fingerprint density at radius 3 is 1.75 bits per heavy atom. The van der Waals surface area contributed by atoms with Crippen LogP contribution in [0.5, 0.6) is 0 Å². The number of benzene rings is 8. The minimum absolute atomic E-state index is 0.0563.